The number of carbonyl (C=O) groups is 1. The number of rotatable bonds is 3. The van der Waals surface area contributed by atoms with Gasteiger partial charge < -0.3 is 4.90 Å². The van der Waals surface area contributed by atoms with E-state index in [2.05, 4.69) is 28.8 Å². The van der Waals surface area contributed by atoms with E-state index >= 15 is 0 Å². The lowest BCUT2D eigenvalue weighted by molar-refractivity contribution is 0.0584. The highest BCUT2D eigenvalue weighted by atomic mass is 35.5. The standard InChI is InChI=1S/C17H22ClN5O/c1-12(2)21-8-10-22(11-9-21)17(24)16-19-13(3)23(20-16)15-6-4-14(18)5-7-15/h4-7,12H,8-11H2,1-3H3. The fourth-order valence-corrected chi connectivity index (χ4v) is 3.02. The highest BCUT2D eigenvalue weighted by Crippen LogP contribution is 2.15. The van der Waals surface area contributed by atoms with E-state index in [9.17, 15) is 4.79 Å². The summed E-state index contributed by atoms with van der Waals surface area (Å²) in [7, 11) is 0. The Balaban J connectivity index is 1.75. The van der Waals surface area contributed by atoms with Crippen molar-refractivity contribution in [3.8, 4) is 5.69 Å². The molecule has 1 amide bonds. The van der Waals surface area contributed by atoms with Gasteiger partial charge in [-0.15, -0.1) is 5.10 Å². The van der Waals surface area contributed by atoms with Crippen LogP contribution in [0.2, 0.25) is 5.02 Å². The molecule has 0 bridgehead atoms. The number of hydrogen-bond acceptors (Lipinski definition) is 4. The fraction of sp³-hybridized carbons (Fsp3) is 0.471. The van der Waals surface area contributed by atoms with E-state index in [1.54, 1.807) is 16.8 Å². The van der Waals surface area contributed by atoms with Crippen molar-refractivity contribution in [2.24, 2.45) is 0 Å². The first-order valence-corrected chi connectivity index (χ1v) is 8.56. The number of piperazine rings is 1. The minimum atomic E-state index is -0.103. The number of nitrogens with zero attached hydrogens (tertiary/aromatic N) is 5. The molecule has 0 radical (unpaired) electrons. The van der Waals surface area contributed by atoms with Gasteiger partial charge in [0.05, 0.1) is 5.69 Å². The lowest BCUT2D eigenvalue weighted by Gasteiger charge is -2.36. The van der Waals surface area contributed by atoms with E-state index < -0.39 is 0 Å². The Morgan fingerprint density at radius 1 is 1.12 bits per heavy atom. The molecule has 0 atom stereocenters. The van der Waals surface area contributed by atoms with Crippen LogP contribution in [0.5, 0.6) is 0 Å². The van der Waals surface area contributed by atoms with Crippen LogP contribution >= 0.6 is 11.6 Å². The van der Waals surface area contributed by atoms with Crippen molar-refractivity contribution in [2.45, 2.75) is 26.8 Å². The Morgan fingerprint density at radius 2 is 1.75 bits per heavy atom. The van der Waals surface area contributed by atoms with E-state index in [4.69, 9.17) is 11.6 Å². The predicted molar refractivity (Wildman–Crippen MR) is 93.7 cm³/mol. The number of aromatic nitrogens is 3. The van der Waals surface area contributed by atoms with Crippen molar-refractivity contribution >= 4 is 17.5 Å². The molecule has 3 rings (SSSR count). The van der Waals surface area contributed by atoms with Gasteiger partial charge in [-0.05, 0) is 45.0 Å². The van der Waals surface area contributed by atoms with Crippen molar-refractivity contribution in [1.29, 1.82) is 0 Å². The summed E-state index contributed by atoms with van der Waals surface area (Å²) in [5.74, 6) is 0.830. The van der Waals surface area contributed by atoms with Crippen LogP contribution in [-0.2, 0) is 0 Å². The van der Waals surface area contributed by atoms with Crippen molar-refractivity contribution < 1.29 is 4.79 Å². The zero-order valence-corrected chi connectivity index (χ0v) is 15.0. The molecule has 128 valence electrons. The summed E-state index contributed by atoms with van der Waals surface area (Å²) in [6.45, 7) is 9.40. The molecule has 1 aliphatic heterocycles. The maximum absolute atomic E-state index is 12.7. The van der Waals surface area contributed by atoms with Gasteiger partial charge >= 0.3 is 0 Å². The van der Waals surface area contributed by atoms with Crippen molar-refractivity contribution in [1.82, 2.24) is 24.6 Å². The molecule has 0 saturated carbocycles. The summed E-state index contributed by atoms with van der Waals surface area (Å²) >= 11 is 5.92. The third-order valence-corrected chi connectivity index (χ3v) is 4.62. The van der Waals surface area contributed by atoms with Gasteiger partial charge in [0.1, 0.15) is 5.82 Å². The van der Waals surface area contributed by atoms with Crippen LogP contribution < -0.4 is 0 Å². The van der Waals surface area contributed by atoms with Gasteiger partial charge in [-0.3, -0.25) is 9.69 Å². The molecular weight excluding hydrogens is 326 g/mol. The molecule has 1 aromatic carbocycles. The van der Waals surface area contributed by atoms with Crippen molar-refractivity contribution in [2.75, 3.05) is 26.2 Å². The number of hydrogen-bond donors (Lipinski definition) is 0. The molecule has 0 unspecified atom stereocenters. The summed E-state index contributed by atoms with van der Waals surface area (Å²) in [5.41, 5.74) is 0.841. The first-order valence-electron chi connectivity index (χ1n) is 8.18. The average molecular weight is 348 g/mol. The van der Waals surface area contributed by atoms with Gasteiger partial charge in [0, 0.05) is 37.2 Å². The van der Waals surface area contributed by atoms with Crippen molar-refractivity contribution in [3.05, 3.63) is 40.9 Å². The molecule has 6 nitrogen and oxygen atoms in total. The molecule has 0 aliphatic carbocycles. The Hall–Kier alpha value is -1.92. The Bertz CT molecular complexity index is 717. The van der Waals surface area contributed by atoms with E-state index in [0.717, 1.165) is 18.8 Å². The van der Waals surface area contributed by atoms with E-state index in [0.29, 0.717) is 30.0 Å². The summed E-state index contributed by atoms with van der Waals surface area (Å²) in [6.07, 6.45) is 0. The summed E-state index contributed by atoms with van der Waals surface area (Å²) in [5, 5.41) is 5.06. The van der Waals surface area contributed by atoms with Crippen LogP contribution in [0.4, 0.5) is 0 Å². The maximum Gasteiger partial charge on any atom is 0.293 e. The molecule has 1 aliphatic rings. The zero-order valence-electron chi connectivity index (χ0n) is 14.2. The summed E-state index contributed by atoms with van der Waals surface area (Å²) in [6, 6.07) is 7.82. The third kappa shape index (κ3) is 3.44. The minimum absolute atomic E-state index is 0.103. The molecular formula is C17H22ClN5O. The Labute approximate surface area is 147 Å². The second-order valence-corrected chi connectivity index (χ2v) is 6.73. The molecule has 1 fully saturated rings. The first-order chi connectivity index (χ1) is 11.5. The Kier molecular flexibility index (Phi) is 4.87. The van der Waals surface area contributed by atoms with Crippen molar-refractivity contribution in [3.63, 3.8) is 0 Å². The van der Waals surface area contributed by atoms with Gasteiger partial charge in [-0.2, -0.15) is 0 Å². The maximum atomic E-state index is 12.7. The van der Waals surface area contributed by atoms with Gasteiger partial charge in [0.25, 0.3) is 5.91 Å². The van der Waals surface area contributed by atoms with Gasteiger partial charge in [0.2, 0.25) is 5.82 Å². The van der Waals surface area contributed by atoms with Crippen LogP contribution in [0.1, 0.15) is 30.3 Å². The predicted octanol–water partition coefficient (Wildman–Crippen LogP) is 2.40. The lowest BCUT2D eigenvalue weighted by Crippen LogP contribution is -2.50. The molecule has 1 saturated heterocycles. The van der Waals surface area contributed by atoms with E-state index in [-0.39, 0.29) is 11.7 Å². The number of amides is 1. The van der Waals surface area contributed by atoms with E-state index in [1.165, 1.54) is 0 Å². The monoisotopic (exact) mass is 347 g/mol. The van der Waals surface area contributed by atoms with Crippen LogP contribution in [0.25, 0.3) is 5.69 Å². The number of halogens is 1. The average Bonchev–Trinajstić information content (AvgIpc) is 2.97. The Morgan fingerprint density at radius 3 is 2.33 bits per heavy atom. The minimum Gasteiger partial charge on any atom is -0.333 e. The number of carbonyl (C=O) groups excluding carboxylic acids is 1. The van der Waals surface area contributed by atoms with E-state index in [1.807, 2.05) is 24.0 Å². The molecule has 0 spiro atoms. The molecule has 2 heterocycles. The molecule has 0 N–H and O–H groups in total. The topological polar surface area (TPSA) is 54.3 Å². The first kappa shape index (κ1) is 16.9. The van der Waals surface area contributed by atoms with Gasteiger partial charge in [0.15, 0.2) is 0 Å². The zero-order chi connectivity index (χ0) is 17.3. The largest absolute Gasteiger partial charge is 0.333 e. The number of benzene rings is 1. The van der Waals surface area contributed by atoms with Crippen LogP contribution in [0.3, 0.4) is 0 Å². The number of aryl methyl sites for hydroxylation is 1. The molecule has 7 heteroatoms. The highest BCUT2D eigenvalue weighted by molar-refractivity contribution is 6.30. The second kappa shape index (κ2) is 6.91. The molecule has 24 heavy (non-hydrogen) atoms. The molecule has 1 aromatic heterocycles. The fourth-order valence-electron chi connectivity index (χ4n) is 2.89. The lowest BCUT2D eigenvalue weighted by atomic mass is 10.2. The third-order valence-electron chi connectivity index (χ3n) is 4.36. The highest BCUT2D eigenvalue weighted by Gasteiger charge is 2.26. The normalized spacial score (nSPS) is 16.0. The second-order valence-electron chi connectivity index (χ2n) is 6.29. The molecule has 2 aromatic rings. The van der Waals surface area contributed by atoms with Crippen LogP contribution in [0.15, 0.2) is 24.3 Å². The van der Waals surface area contributed by atoms with Crippen LogP contribution in [0, 0.1) is 6.92 Å². The van der Waals surface area contributed by atoms with Crippen LogP contribution in [-0.4, -0.2) is 62.7 Å². The smallest absolute Gasteiger partial charge is 0.293 e. The van der Waals surface area contributed by atoms with Gasteiger partial charge in [-0.25, -0.2) is 9.67 Å². The summed E-state index contributed by atoms with van der Waals surface area (Å²) in [4.78, 5) is 21.2. The summed E-state index contributed by atoms with van der Waals surface area (Å²) < 4.78 is 1.67. The SMILES string of the molecule is Cc1nc(C(=O)N2CCN(C(C)C)CC2)nn1-c1ccc(Cl)cc1. The van der Waals surface area contributed by atoms with Gasteiger partial charge in [-0.1, -0.05) is 11.6 Å². The quantitative estimate of drug-likeness (QED) is 0.855.